The lowest BCUT2D eigenvalue weighted by molar-refractivity contribution is 0.297. The highest BCUT2D eigenvalue weighted by Crippen LogP contribution is 2.32. The molecule has 1 rings (SSSR count). The Hall–Kier alpha value is -0.520. The van der Waals surface area contributed by atoms with Crippen LogP contribution in [0.5, 0.6) is 0 Å². The van der Waals surface area contributed by atoms with Crippen molar-refractivity contribution in [3.63, 3.8) is 0 Å². The van der Waals surface area contributed by atoms with Crippen LogP contribution in [-0.4, -0.2) is 0 Å². The fourth-order valence-electron chi connectivity index (χ4n) is 2.44. The van der Waals surface area contributed by atoms with Gasteiger partial charge >= 0.3 is 0 Å². The van der Waals surface area contributed by atoms with Gasteiger partial charge < -0.3 is 0 Å². The van der Waals surface area contributed by atoms with Crippen LogP contribution in [0.1, 0.15) is 52.4 Å². The molecule has 0 nitrogen and oxygen atoms in total. The predicted molar refractivity (Wildman–Crippen MR) is 64.3 cm³/mol. The minimum atomic E-state index is 0.887. The fraction of sp³-hybridized carbons (Fsp3) is 0.714. The summed E-state index contributed by atoms with van der Waals surface area (Å²) in [6.07, 6.45) is 17.5. The van der Waals surface area contributed by atoms with Gasteiger partial charge in [-0.05, 0) is 64.2 Å². The molecule has 1 saturated carbocycles. The highest BCUT2D eigenvalue weighted by Gasteiger charge is 2.18. The van der Waals surface area contributed by atoms with Gasteiger partial charge in [0.15, 0.2) is 0 Å². The monoisotopic (exact) mass is 192 g/mol. The Labute approximate surface area is 89.1 Å². The molecule has 0 aliphatic heterocycles. The summed E-state index contributed by atoms with van der Waals surface area (Å²) in [5.74, 6) is 1.89. The van der Waals surface area contributed by atoms with Gasteiger partial charge in [-0.2, -0.15) is 0 Å². The standard InChI is InChI=1S/C14H24/c1-3-5-6-8-14-11-9-13(7-4-2)10-12-14/h3-5,7,13-14H,6,8-12H2,1-2H3/b5-3+,7-4+. The van der Waals surface area contributed by atoms with Gasteiger partial charge in [0.05, 0.1) is 0 Å². The molecular formula is C14H24. The topological polar surface area (TPSA) is 0 Å². The number of hydrogen-bond acceptors (Lipinski definition) is 0. The molecule has 1 fully saturated rings. The maximum absolute atomic E-state index is 2.39. The fourth-order valence-corrected chi connectivity index (χ4v) is 2.44. The van der Waals surface area contributed by atoms with Gasteiger partial charge in [0.25, 0.3) is 0 Å². The second-order valence-electron chi connectivity index (χ2n) is 4.45. The molecular weight excluding hydrogens is 168 g/mol. The van der Waals surface area contributed by atoms with Crippen molar-refractivity contribution in [2.75, 3.05) is 0 Å². The van der Waals surface area contributed by atoms with Crippen molar-refractivity contribution in [2.45, 2.75) is 52.4 Å². The zero-order chi connectivity index (χ0) is 10.2. The van der Waals surface area contributed by atoms with Gasteiger partial charge in [-0.1, -0.05) is 24.3 Å². The minimum absolute atomic E-state index is 0.887. The third-order valence-corrected chi connectivity index (χ3v) is 3.33. The summed E-state index contributed by atoms with van der Waals surface area (Å²) in [5, 5.41) is 0. The molecule has 0 unspecified atom stereocenters. The molecule has 0 amide bonds. The quantitative estimate of drug-likeness (QED) is 0.565. The van der Waals surface area contributed by atoms with E-state index in [2.05, 4.69) is 38.2 Å². The van der Waals surface area contributed by atoms with Crippen LogP contribution in [0, 0.1) is 11.8 Å². The van der Waals surface area contributed by atoms with Gasteiger partial charge in [0.2, 0.25) is 0 Å². The molecule has 0 radical (unpaired) electrons. The molecule has 0 aromatic carbocycles. The Bertz CT molecular complexity index is 180. The van der Waals surface area contributed by atoms with E-state index in [9.17, 15) is 0 Å². The molecule has 0 heterocycles. The highest BCUT2D eigenvalue weighted by atomic mass is 14.2. The predicted octanol–water partition coefficient (Wildman–Crippen LogP) is 4.73. The van der Waals surface area contributed by atoms with Crippen LogP contribution in [0.4, 0.5) is 0 Å². The SMILES string of the molecule is C/C=C/CCC1CCC(/C=C/C)CC1. The first-order chi connectivity index (χ1) is 6.86. The maximum Gasteiger partial charge on any atom is -0.0233 e. The van der Waals surface area contributed by atoms with E-state index in [0.717, 1.165) is 11.8 Å². The summed E-state index contributed by atoms with van der Waals surface area (Å²) in [7, 11) is 0. The van der Waals surface area contributed by atoms with Crippen molar-refractivity contribution >= 4 is 0 Å². The summed E-state index contributed by atoms with van der Waals surface area (Å²) < 4.78 is 0. The average Bonchev–Trinajstić information content (AvgIpc) is 2.21. The van der Waals surface area contributed by atoms with E-state index in [1.54, 1.807) is 0 Å². The molecule has 0 heteroatoms. The summed E-state index contributed by atoms with van der Waals surface area (Å²) in [6.45, 7) is 4.25. The second-order valence-corrected chi connectivity index (χ2v) is 4.45. The van der Waals surface area contributed by atoms with Crippen molar-refractivity contribution in [2.24, 2.45) is 11.8 Å². The third-order valence-electron chi connectivity index (χ3n) is 3.33. The van der Waals surface area contributed by atoms with Crippen molar-refractivity contribution < 1.29 is 0 Å². The molecule has 1 aliphatic rings. The second kappa shape index (κ2) is 6.86. The van der Waals surface area contributed by atoms with Crippen LogP contribution in [-0.2, 0) is 0 Å². The van der Waals surface area contributed by atoms with Crippen LogP contribution >= 0.6 is 0 Å². The van der Waals surface area contributed by atoms with E-state index >= 15 is 0 Å². The Morgan fingerprint density at radius 3 is 2.29 bits per heavy atom. The zero-order valence-corrected chi connectivity index (χ0v) is 9.71. The molecule has 0 aromatic heterocycles. The smallest absolute Gasteiger partial charge is 0.0233 e. The molecule has 0 bridgehead atoms. The lowest BCUT2D eigenvalue weighted by Gasteiger charge is -2.26. The summed E-state index contributed by atoms with van der Waals surface area (Å²) in [5.41, 5.74) is 0. The van der Waals surface area contributed by atoms with Crippen LogP contribution in [0.2, 0.25) is 0 Å². The van der Waals surface area contributed by atoms with E-state index in [-0.39, 0.29) is 0 Å². The van der Waals surface area contributed by atoms with Crippen LogP contribution in [0.25, 0.3) is 0 Å². The Kier molecular flexibility index (Phi) is 5.66. The van der Waals surface area contributed by atoms with E-state index < -0.39 is 0 Å². The van der Waals surface area contributed by atoms with Gasteiger partial charge in [-0.15, -0.1) is 0 Å². The molecule has 0 aromatic rings. The lowest BCUT2D eigenvalue weighted by Crippen LogP contribution is -2.12. The van der Waals surface area contributed by atoms with Gasteiger partial charge in [-0.3, -0.25) is 0 Å². The van der Waals surface area contributed by atoms with Crippen molar-refractivity contribution in [1.82, 2.24) is 0 Å². The summed E-state index contributed by atoms with van der Waals surface area (Å²) in [4.78, 5) is 0. The Morgan fingerprint density at radius 2 is 1.71 bits per heavy atom. The molecule has 14 heavy (non-hydrogen) atoms. The maximum atomic E-state index is 2.39. The van der Waals surface area contributed by atoms with Crippen LogP contribution < -0.4 is 0 Å². The van der Waals surface area contributed by atoms with Gasteiger partial charge in [-0.25, -0.2) is 0 Å². The van der Waals surface area contributed by atoms with Crippen molar-refractivity contribution in [1.29, 1.82) is 0 Å². The summed E-state index contributed by atoms with van der Waals surface area (Å²) >= 11 is 0. The van der Waals surface area contributed by atoms with E-state index in [1.165, 1.54) is 38.5 Å². The number of allylic oxidation sites excluding steroid dienone is 4. The molecule has 80 valence electrons. The van der Waals surface area contributed by atoms with E-state index in [4.69, 9.17) is 0 Å². The Balaban J connectivity index is 2.15. The van der Waals surface area contributed by atoms with Crippen molar-refractivity contribution in [3.8, 4) is 0 Å². The largest absolute Gasteiger partial charge is 0.0917 e. The first-order valence-corrected chi connectivity index (χ1v) is 6.10. The first kappa shape index (κ1) is 11.6. The molecule has 0 saturated heterocycles. The van der Waals surface area contributed by atoms with E-state index in [1.807, 2.05) is 0 Å². The third kappa shape index (κ3) is 4.13. The van der Waals surface area contributed by atoms with Crippen LogP contribution in [0.15, 0.2) is 24.3 Å². The number of rotatable bonds is 4. The molecule has 0 N–H and O–H groups in total. The van der Waals surface area contributed by atoms with Crippen LogP contribution in [0.3, 0.4) is 0 Å². The molecule has 0 spiro atoms. The first-order valence-electron chi connectivity index (χ1n) is 6.10. The Morgan fingerprint density at radius 1 is 1.00 bits per heavy atom. The highest BCUT2D eigenvalue weighted by molar-refractivity contribution is 4.89. The molecule has 1 aliphatic carbocycles. The van der Waals surface area contributed by atoms with Crippen molar-refractivity contribution in [3.05, 3.63) is 24.3 Å². The lowest BCUT2D eigenvalue weighted by atomic mass is 9.80. The van der Waals surface area contributed by atoms with E-state index in [0.29, 0.717) is 0 Å². The number of hydrogen-bond donors (Lipinski definition) is 0. The van der Waals surface area contributed by atoms with Gasteiger partial charge in [0.1, 0.15) is 0 Å². The normalized spacial score (nSPS) is 29.0. The zero-order valence-electron chi connectivity index (χ0n) is 9.71. The average molecular weight is 192 g/mol. The minimum Gasteiger partial charge on any atom is -0.0917 e. The summed E-state index contributed by atoms with van der Waals surface area (Å²) in [6, 6.07) is 0. The van der Waals surface area contributed by atoms with Gasteiger partial charge in [0, 0.05) is 0 Å². The molecule has 0 atom stereocenters.